The Hall–Kier alpha value is -3.61. The zero-order valence-electron chi connectivity index (χ0n) is 18.4. The van der Waals surface area contributed by atoms with E-state index in [-0.39, 0.29) is 13.2 Å². The summed E-state index contributed by atoms with van der Waals surface area (Å²) in [7, 11) is 0. The Morgan fingerprint density at radius 2 is 1.66 bits per heavy atom. The van der Waals surface area contributed by atoms with Gasteiger partial charge in [0.05, 0.1) is 30.0 Å². The van der Waals surface area contributed by atoms with Crippen molar-refractivity contribution in [2.45, 2.75) is 26.7 Å². The second-order valence-corrected chi connectivity index (χ2v) is 7.59. The minimum absolute atomic E-state index is 0.254. The van der Waals surface area contributed by atoms with Crippen molar-refractivity contribution in [3.63, 3.8) is 0 Å². The first-order chi connectivity index (χ1) is 15.6. The zero-order valence-corrected chi connectivity index (χ0v) is 18.4. The molecule has 0 radical (unpaired) electrons. The highest BCUT2D eigenvalue weighted by molar-refractivity contribution is 6.07. The average molecular weight is 434 g/mol. The van der Waals surface area contributed by atoms with Crippen LogP contribution in [0.5, 0.6) is 0 Å². The molecule has 4 rings (SSSR count). The molecule has 0 bridgehead atoms. The molecule has 0 spiro atoms. The second-order valence-electron chi connectivity index (χ2n) is 7.59. The number of anilines is 3. The van der Waals surface area contributed by atoms with Gasteiger partial charge in [0, 0.05) is 36.0 Å². The smallest absolute Gasteiger partial charge is 0.341 e. The lowest BCUT2D eigenvalue weighted by atomic mass is 10.1. The van der Waals surface area contributed by atoms with E-state index in [2.05, 4.69) is 27.3 Å². The molecular weight excluding hydrogens is 406 g/mol. The largest absolute Gasteiger partial charge is 0.462 e. The molecule has 0 saturated carbocycles. The lowest BCUT2D eigenvalue weighted by molar-refractivity contribution is 0.0518. The summed E-state index contributed by atoms with van der Waals surface area (Å²) in [4.78, 5) is 31.7. The van der Waals surface area contributed by atoms with Crippen molar-refractivity contribution < 1.29 is 19.1 Å². The van der Waals surface area contributed by atoms with Crippen molar-refractivity contribution in [2.24, 2.45) is 0 Å². The second kappa shape index (κ2) is 9.68. The van der Waals surface area contributed by atoms with E-state index in [9.17, 15) is 9.59 Å². The number of fused-ring (bicyclic) bond motifs is 1. The summed E-state index contributed by atoms with van der Waals surface area (Å²) in [6.45, 7) is 6.21. The number of carbonyl (C=O) groups excluding carboxylic acids is 2. The average Bonchev–Trinajstić information content (AvgIpc) is 3.35. The van der Waals surface area contributed by atoms with Crippen molar-refractivity contribution in [1.29, 1.82) is 0 Å². The normalized spacial score (nSPS) is 13.2. The van der Waals surface area contributed by atoms with Gasteiger partial charge in [0.15, 0.2) is 0 Å². The van der Waals surface area contributed by atoms with Crippen LogP contribution in [0.1, 0.15) is 47.4 Å². The number of esters is 2. The van der Waals surface area contributed by atoms with E-state index in [1.165, 1.54) is 24.7 Å². The molecule has 0 unspecified atom stereocenters. The minimum atomic E-state index is -0.473. The molecule has 1 aliphatic rings. The van der Waals surface area contributed by atoms with Crippen LogP contribution >= 0.6 is 0 Å². The standard InChI is InChI=1S/C25H27N3O4/c1-3-31-24(29)17-7-12-22-20(15-17)23(21(16-26-22)25(30)32-4-2)27-18-8-10-19(11-9-18)28-13-5-6-14-28/h7-12,15-16H,3-6,13-14H2,1-2H3,(H,26,27). The molecule has 7 nitrogen and oxygen atoms in total. The summed E-state index contributed by atoms with van der Waals surface area (Å²) in [5, 5.41) is 4.00. The van der Waals surface area contributed by atoms with Crippen molar-refractivity contribution in [1.82, 2.24) is 4.98 Å². The molecular formula is C25H27N3O4. The fourth-order valence-electron chi connectivity index (χ4n) is 3.91. The van der Waals surface area contributed by atoms with E-state index in [0.29, 0.717) is 27.7 Å². The van der Waals surface area contributed by atoms with E-state index in [1.807, 2.05) is 12.1 Å². The molecule has 166 valence electrons. The van der Waals surface area contributed by atoms with Gasteiger partial charge in [-0.2, -0.15) is 0 Å². The predicted octanol–water partition coefficient (Wildman–Crippen LogP) is 4.93. The van der Waals surface area contributed by atoms with Gasteiger partial charge in [-0.25, -0.2) is 9.59 Å². The Kier molecular flexibility index (Phi) is 6.54. The fraction of sp³-hybridized carbons (Fsp3) is 0.320. The summed E-state index contributed by atoms with van der Waals surface area (Å²) in [6.07, 6.45) is 3.94. The molecule has 2 aromatic carbocycles. The Balaban J connectivity index is 1.74. The van der Waals surface area contributed by atoms with Gasteiger partial charge in [-0.15, -0.1) is 0 Å². The van der Waals surface area contributed by atoms with Crippen LogP contribution in [-0.4, -0.2) is 43.2 Å². The van der Waals surface area contributed by atoms with Gasteiger partial charge in [-0.05, 0) is 69.2 Å². The van der Waals surface area contributed by atoms with Crippen LogP contribution in [-0.2, 0) is 9.47 Å². The van der Waals surface area contributed by atoms with Crippen molar-refractivity contribution in [3.8, 4) is 0 Å². The van der Waals surface area contributed by atoms with Crippen LogP contribution in [0.15, 0.2) is 48.7 Å². The molecule has 7 heteroatoms. The van der Waals surface area contributed by atoms with Gasteiger partial charge in [0.25, 0.3) is 0 Å². The number of hydrogen-bond acceptors (Lipinski definition) is 7. The predicted molar refractivity (Wildman–Crippen MR) is 125 cm³/mol. The molecule has 1 saturated heterocycles. The van der Waals surface area contributed by atoms with E-state index < -0.39 is 11.9 Å². The van der Waals surface area contributed by atoms with Crippen LogP contribution in [0.3, 0.4) is 0 Å². The number of hydrogen-bond donors (Lipinski definition) is 1. The zero-order chi connectivity index (χ0) is 22.5. The molecule has 0 atom stereocenters. The fourth-order valence-corrected chi connectivity index (χ4v) is 3.91. The van der Waals surface area contributed by atoms with Gasteiger partial charge in [0.2, 0.25) is 0 Å². The topological polar surface area (TPSA) is 80.8 Å². The van der Waals surface area contributed by atoms with Crippen molar-refractivity contribution in [3.05, 3.63) is 59.8 Å². The van der Waals surface area contributed by atoms with Gasteiger partial charge in [-0.3, -0.25) is 4.98 Å². The van der Waals surface area contributed by atoms with E-state index >= 15 is 0 Å². The number of benzene rings is 2. The third-order valence-electron chi connectivity index (χ3n) is 5.48. The van der Waals surface area contributed by atoms with Crippen LogP contribution in [0.4, 0.5) is 17.1 Å². The highest BCUT2D eigenvalue weighted by atomic mass is 16.5. The summed E-state index contributed by atoms with van der Waals surface area (Å²) >= 11 is 0. The van der Waals surface area contributed by atoms with Crippen LogP contribution in [0.25, 0.3) is 10.9 Å². The number of aromatic nitrogens is 1. The number of nitrogens with zero attached hydrogens (tertiary/aromatic N) is 2. The van der Waals surface area contributed by atoms with E-state index in [4.69, 9.17) is 9.47 Å². The number of pyridine rings is 1. The molecule has 1 N–H and O–H groups in total. The van der Waals surface area contributed by atoms with Crippen LogP contribution < -0.4 is 10.2 Å². The van der Waals surface area contributed by atoms with Gasteiger partial charge in [-0.1, -0.05) is 0 Å². The summed E-state index contributed by atoms with van der Waals surface area (Å²) in [5.74, 6) is -0.892. The summed E-state index contributed by atoms with van der Waals surface area (Å²) in [5.41, 5.74) is 3.92. The van der Waals surface area contributed by atoms with Gasteiger partial charge >= 0.3 is 11.9 Å². The number of ether oxygens (including phenoxy) is 2. The first-order valence-electron chi connectivity index (χ1n) is 11.0. The highest BCUT2D eigenvalue weighted by Crippen LogP contribution is 2.32. The summed E-state index contributed by atoms with van der Waals surface area (Å²) in [6, 6.07) is 13.2. The Morgan fingerprint density at radius 3 is 2.34 bits per heavy atom. The third kappa shape index (κ3) is 4.51. The van der Waals surface area contributed by atoms with Crippen LogP contribution in [0.2, 0.25) is 0 Å². The molecule has 0 amide bonds. The van der Waals surface area contributed by atoms with Crippen LogP contribution in [0, 0.1) is 0 Å². The lowest BCUT2D eigenvalue weighted by Crippen LogP contribution is -2.17. The van der Waals surface area contributed by atoms with Gasteiger partial charge in [0.1, 0.15) is 5.56 Å². The van der Waals surface area contributed by atoms with Crippen molar-refractivity contribution >= 4 is 39.9 Å². The molecule has 3 aromatic rings. The molecule has 32 heavy (non-hydrogen) atoms. The maximum atomic E-state index is 12.6. The van der Waals surface area contributed by atoms with E-state index in [0.717, 1.165) is 18.8 Å². The minimum Gasteiger partial charge on any atom is -0.462 e. The Labute approximate surface area is 187 Å². The summed E-state index contributed by atoms with van der Waals surface area (Å²) < 4.78 is 10.4. The molecule has 1 aromatic heterocycles. The van der Waals surface area contributed by atoms with E-state index in [1.54, 1.807) is 32.0 Å². The number of carbonyl (C=O) groups is 2. The Bertz CT molecular complexity index is 1120. The maximum Gasteiger partial charge on any atom is 0.341 e. The molecule has 0 aliphatic carbocycles. The third-order valence-corrected chi connectivity index (χ3v) is 5.48. The quantitative estimate of drug-likeness (QED) is 0.529. The number of rotatable bonds is 7. The lowest BCUT2D eigenvalue weighted by Gasteiger charge is -2.19. The highest BCUT2D eigenvalue weighted by Gasteiger charge is 2.19. The molecule has 1 aliphatic heterocycles. The first-order valence-corrected chi connectivity index (χ1v) is 11.0. The number of nitrogens with one attached hydrogen (secondary N) is 1. The molecule has 2 heterocycles. The molecule has 1 fully saturated rings. The van der Waals surface area contributed by atoms with Crippen molar-refractivity contribution in [2.75, 3.05) is 36.5 Å². The van der Waals surface area contributed by atoms with Gasteiger partial charge < -0.3 is 19.7 Å². The SMILES string of the molecule is CCOC(=O)c1ccc2ncc(C(=O)OCC)c(Nc3ccc(N4CCCC4)cc3)c2c1. The maximum absolute atomic E-state index is 12.6. The Morgan fingerprint density at radius 1 is 0.969 bits per heavy atom. The first kappa shape index (κ1) is 21.6. The monoisotopic (exact) mass is 433 g/mol.